The second kappa shape index (κ2) is 2.63. The number of hydrogen-bond donors (Lipinski definition) is 0. The zero-order valence-corrected chi connectivity index (χ0v) is 7.15. The van der Waals surface area contributed by atoms with Gasteiger partial charge in [-0.2, -0.15) is 10.4 Å². The van der Waals surface area contributed by atoms with Crippen LogP contribution < -0.4 is 5.46 Å². The van der Waals surface area contributed by atoms with Gasteiger partial charge in [0, 0.05) is 18.6 Å². The molecule has 2 aromatic rings. The van der Waals surface area contributed by atoms with E-state index in [2.05, 4.69) is 11.2 Å². The molecule has 0 saturated heterocycles. The first-order valence-corrected chi connectivity index (χ1v) is 3.83. The van der Waals surface area contributed by atoms with Crippen LogP contribution in [0.4, 0.5) is 0 Å². The molecule has 0 fully saturated rings. The predicted molar refractivity (Wildman–Crippen MR) is 50.8 cm³/mol. The lowest BCUT2D eigenvalue weighted by Gasteiger charge is -1.94. The Morgan fingerprint density at radius 3 is 3.00 bits per heavy atom. The molecule has 2 radical (unpaired) electrons. The molecule has 60 valence electrons. The number of benzene rings is 1. The van der Waals surface area contributed by atoms with E-state index in [0.717, 1.165) is 5.39 Å². The molecule has 3 nitrogen and oxygen atoms in total. The average Bonchev–Trinajstić information content (AvgIpc) is 2.43. The second-order valence-electron chi connectivity index (χ2n) is 2.92. The smallest absolute Gasteiger partial charge is 0.113 e. The zero-order valence-electron chi connectivity index (χ0n) is 7.15. The van der Waals surface area contributed by atoms with Gasteiger partial charge in [-0.25, -0.2) is 0 Å². The number of fused-ring (bicyclic) bond motifs is 1. The molecular formula is C9H6BN3. The molecule has 0 aliphatic carbocycles. The van der Waals surface area contributed by atoms with Gasteiger partial charge in [0.25, 0.3) is 0 Å². The van der Waals surface area contributed by atoms with Crippen molar-refractivity contribution in [2.24, 2.45) is 7.05 Å². The van der Waals surface area contributed by atoms with Crippen LogP contribution in [-0.2, 0) is 7.05 Å². The summed E-state index contributed by atoms with van der Waals surface area (Å²) in [5.74, 6) is 0. The van der Waals surface area contributed by atoms with Crippen LogP contribution in [0.5, 0.6) is 0 Å². The van der Waals surface area contributed by atoms with Crippen molar-refractivity contribution in [3.05, 3.63) is 23.9 Å². The standard InChI is InChI=1S/C9H6BN3/c1-13-5-7-3-8(10)2-6(4-11)9(7)12-13/h2-3,5H,1H3. The van der Waals surface area contributed by atoms with Crippen molar-refractivity contribution in [1.29, 1.82) is 5.26 Å². The highest BCUT2D eigenvalue weighted by molar-refractivity contribution is 6.33. The van der Waals surface area contributed by atoms with Crippen molar-refractivity contribution in [3.63, 3.8) is 0 Å². The highest BCUT2D eigenvalue weighted by Gasteiger charge is 2.04. The monoisotopic (exact) mass is 167 g/mol. The Hall–Kier alpha value is -1.76. The van der Waals surface area contributed by atoms with Gasteiger partial charge >= 0.3 is 0 Å². The summed E-state index contributed by atoms with van der Waals surface area (Å²) >= 11 is 0. The minimum Gasteiger partial charge on any atom is -0.275 e. The third-order valence-electron chi connectivity index (χ3n) is 1.87. The van der Waals surface area contributed by atoms with E-state index in [1.807, 2.05) is 19.3 Å². The number of rotatable bonds is 0. The first kappa shape index (κ1) is 7.87. The van der Waals surface area contributed by atoms with Crippen LogP contribution in [0, 0.1) is 11.3 Å². The molecule has 0 N–H and O–H groups in total. The third kappa shape index (κ3) is 1.18. The van der Waals surface area contributed by atoms with E-state index < -0.39 is 0 Å². The normalized spacial score (nSPS) is 10.2. The first-order valence-electron chi connectivity index (χ1n) is 3.83. The van der Waals surface area contributed by atoms with Crippen LogP contribution in [0.15, 0.2) is 18.3 Å². The van der Waals surface area contributed by atoms with Crippen LogP contribution in [0.3, 0.4) is 0 Å². The maximum Gasteiger partial charge on any atom is 0.113 e. The van der Waals surface area contributed by atoms with Gasteiger partial charge in [-0.05, 0) is 6.07 Å². The number of nitriles is 1. The summed E-state index contributed by atoms with van der Waals surface area (Å²) in [6.45, 7) is 0. The Labute approximate surface area is 77.0 Å². The van der Waals surface area contributed by atoms with E-state index in [1.54, 1.807) is 10.7 Å². The third-order valence-corrected chi connectivity index (χ3v) is 1.87. The van der Waals surface area contributed by atoms with Crippen molar-refractivity contribution in [2.45, 2.75) is 0 Å². The number of aromatic nitrogens is 2. The lowest BCUT2D eigenvalue weighted by atomic mass is 9.93. The van der Waals surface area contributed by atoms with E-state index >= 15 is 0 Å². The lowest BCUT2D eigenvalue weighted by Crippen LogP contribution is -2.01. The van der Waals surface area contributed by atoms with Crippen LogP contribution in [0.2, 0.25) is 0 Å². The molecule has 0 unspecified atom stereocenters. The van der Waals surface area contributed by atoms with E-state index in [4.69, 9.17) is 13.1 Å². The Balaban J connectivity index is 2.90. The van der Waals surface area contributed by atoms with Crippen molar-refractivity contribution < 1.29 is 0 Å². The highest BCUT2D eigenvalue weighted by atomic mass is 15.2. The Bertz CT molecular complexity index is 507. The molecule has 1 aromatic carbocycles. The highest BCUT2D eigenvalue weighted by Crippen LogP contribution is 2.13. The van der Waals surface area contributed by atoms with Gasteiger partial charge in [-0.1, -0.05) is 11.5 Å². The van der Waals surface area contributed by atoms with Crippen LogP contribution in [-0.4, -0.2) is 17.6 Å². The van der Waals surface area contributed by atoms with Crippen molar-refractivity contribution in [3.8, 4) is 6.07 Å². The molecule has 4 heteroatoms. The first-order chi connectivity index (χ1) is 6.20. The van der Waals surface area contributed by atoms with Gasteiger partial charge in [-0.15, -0.1) is 0 Å². The Morgan fingerprint density at radius 1 is 1.54 bits per heavy atom. The summed E-state index contributed by atoms with van der Waals surface area (Å²) in [7, 11) is 7.44. The number of hydrogen-bond acceptors (Lipinski definition) is 2. The topological polar surface area (TPSA) is 41.6 Å². The zero-order chi connectivity index (χ0) is 9.42. The van der Waals surface area contributed by atoms with Gasteiger partial charge in [0.05, 0.1) is 5.56 Å². The summed E-state index contributed by atoms with van der Waals surface area (Å²) < 4.78 is 1.67. The molecule has 2 rings (SSSR count). The van der Waals surface area contributed by atoms with Gasteiger partial charge in [0.15, 0.2) is 0 Å². The van der Waals surface area contributed by atoms with Crippen LogP contribution in [0.25, 0.3) is 10.9 Å². The second-order valence-corrected chi connectivity index (χ2v) is 2.92. The molecule has 0 amide bonds. The Morgan fingerprint density at radius 2 is 2.31 bits per heavy atom. The largest absolute Gasteiger partial charge is 0.275 e. The van der Waals surface area contributed by atoms with E-state index in [9.17, 15) is 0 Å². The van der Waals surface area contributed by atoms with E-state index in [0.29, 0.717) is 16.5 Å². The molecule has 0 spiro atoms. The van der Waals surface area contributed by atoms with E-state index in [-0.39, 0.29) is 0 Å². The average molecular weight is 167 g/mol. The van der Waals surface area contributed by atoms with Gasteiger partial charge in [0.1, 0.15) is 19.4 Å². The minimum absolute atomic E-state index is 0.524. The van der Waals surface area contributed by atoms with Gasteiger partial charge in [0.2, 0.25) is 0 Å². The molecule has 13 heavy (non-hydrogen) atoms. The summed E-state index contributed by atoms with van der Waals surface area (Å²) in [5, 5.41) is 13.9. The molecule has 0 saturated carbocycles. The fourth-order valence-corrected chi connectivity index (χ4v) is 1.36. The summed E-state index contributed by atoms with van der Waals surface area (Å²) in [5.41, 5.74) is 1.83. The summed E-state index contributed by atoms with van der Waals surface area (Å²) in [4.78, 5) is 0. The summed E-state index contributed by atoms with van der Waals surface area (Å²) in [6.07, 6.45) is 1.84. The maximum atomic E-state index is 8.81. The Kier molecular flexibility index (Phi) is 1.59. The number of nitrogens with zero attached hydrogens (tertiary/aromatic N) is 3. The van der Waals surface area contributed by atoms with Gasteiger partial charge < -0.3 is 0 Å². The van der Waals surface area contributed by atoms with E-state index in [1.165, 1.54) is 0 Å². The fourth-order valence-electron chi connectivity index (χ4n) is 1.36. The molecule has 0 atom stereocenters. The maximum absolute atomic E-state index is 8.81. The SMILES string of the molecule is [B]c1cc(C#N)c2nn(C)cc2c1. The van der Waals surface area contributed by atoms with Crippen molar-refractivity contribution in [1.82, 2.24) is 9.78 Å². The quantitative estimate of drug-likeness (QED) is 0.527. The molecular weight excluding hydrogens is 161 g/mol. The molecule has 1 heterocycles. The van der Waals surface area contributed by atoms with Crippen molar-refractivity contribution >= 4 is 24.2 Å². The fraction of sp³-hybridized carbons (Fsp3) is 0.111. The van der Waals surface area contributed by atoms with Crippen LogP contribution >= 0.6 is 0 Å². The minimum atomic E-state index is 0.524. The molecule has 0 aliphatic rings. The molecule has 1 aromatic heterocycles. The lowest BCUT2D eigenvalue weighted by molar-refractivity contribution is 0.779. The number of aryl methyl sites for hydroxylation is 1. The summed E-state index contributed by atoms with van der Waals surface area (Å²) in [6, 6.07) is 5.51. The molecule has 0 aliphatic heterocycles. The van der Waals surface area contributed by atoms with Crippen LogP contribution in [0.1, 0.15) is 5.56 Å². The van der Waals surface area contributed by atoms with Gasteiger partial charge in [-0.3, -0.25) is 4.68 Å². The molecule has 0 bridgehead atoms. The predicted octanol–water partition coefficient (Wildman–Crippen LogP) is 0.239. The van der Waals surface area contributed by atoms with Crippen molar-refractivity contribution in [2.75, 3.05) is 0 Å².